The van der Waals surface area contributed by atoms with Crippen LogP contribution in [0.2, 0.25) is 0 Å². The summed E-state index contributed by atoms with van der Waals surface area (Å²) in [6.45, 7) is 0.633. The summed E-state index contributed by atoms with van der Waals surface area (Å²) in [4.78, 5) is 0. The van der Waals surface area contributed by atoms with Gasteiger partial charge in [0.15, 0.2) is 0 Å². The third-order valence-electron chi connectivity index (χ3n) is 3.05. The Morgan fingerprint density at radius 3 is 2.57 bits per heavy atom. The second-order valence-electron chi connectivity index (χ2n) is 4.76. The Bertz CT molecular complexity index is 729. The van der Waals surface area contributed by atoms with Crippen molar-refractivity contribution < 1.29 is 14.3 Å². The summed E-state index contributed by atoms with van der Waals surface area (Å²) in [5, 5.41) is 17.3. The van der Waals surface area contributed by atoms with Crippen molar-refractivity contribution in [3.05, 3.63) is 60.5 Å². The lowest BCUT2D eigenvalue weighted by Crippen LogP contribution is -2.00. The Balaban J connectivity index is 1.43. The number of phenols is 1. The quantitative estimate of drug-likeness (QED) is 0.666. The van der Waals surface area contributed by atoms with Crippen molar-refractivity contribution in [2.24, 2.45) is 0 Å². The molecule has 2 aromatic carbocycles. The third-order valence-corrected chi connectivity index (χ3v) is 3.95. The van der Waals surface area contributed by atoms with E-state index in [1.807, 2.05) is 30.3 Å². The minimum Gasteiger partial charge on any atom is -0.508 e. The first kappa shape index (κ1) is 15.4. The maximum atomic E-state index is 9.28. The topological polar surface area (TPSA) is 68.4 Å². The first-order chi connectivity index (χ1) is 11.3. The van der Waals surface area contributed by atoms with E-state index in [0.29, 0.717) is 24.1 Å². The molecule has 0 saturated carbocycles. The van der Waals surface area contributed by atoms with E-state index in [2.05, 4.69) is 10.2 Å². The third kappa shape index (κ3) is 4.50. The second-order valence-corrected chi connectivity index (χ2v) is 5.87. The molecule has 0 atom stereocenters. The number of phenolic OH excluding ortho intramolecular Hbond substituents is 1. The van der Waals surface area contributed by atoms with Crippen LogP contribution in [0.3, 0.4) is 0 Å². The van der Waals surface area contributed by atoms with Gasteiger partial charge < -0.3 is 14.3 Å². The SMILES string of the molecule is Oc1ccc(-c2nnc(CSCCOc3ccccc3)o2)cc1. The first-order valence-corrected chi connectivity index (χ1v) is 8.34. The summed E-state index contributed by atoms with van der Waals surface area (Å²) >= 11 is 1.68. The molecule has 1 aromatic heterocycles. The molecule has 1 N–H and O–H groups in total. The normalized spacial score (nSPS) is 10.6. The smallest absolute Gasteiger partial charge is 0.247 e. The predicted octanol–water partition coefficient (Wildman–Crippen LogP) is 3.75. The lowest BCUT2D eigenvalue weighted by atomic mass is 10.2. The molecule has 3 aromatic rings. The van der Waals surface area contributed by atoms with Crippen LogP contribution in [0.4, 0.5) is 0 Å². The van der Waals surface area contributed by atoms with Gasteiger partial charge in [-0.25, -0.2) is 0 Å². The van der Waals surface area contributed by atoms with Gasteiger partial charge in [-0.05, 0) is 36.4 Å². The van der Waals surface area contributed by atoms with Gasteiger partial charge in [0.2, 0.25) is 11.8 Å². The molecule has 0 amide bonds. The number of ether oxygens (including phenoxy) is 1. The zero-order valence-electron chi connectivity index (χ0n) is 12.4. The fraction of sp³-hybridized carbons (Fsp3) is 0.176. The molecule has 0 fully saturated rings. The molecule has 0 aliphatic carbocycles. The largest absolute Gasteiger partial charge is 0.508 e. The predicted molar refractivity (Wildman–Crippen MR) is 89.5 cm³/mol. The van der Waals surface area contributed by atoms with Crippen molar-refractivity contribution in [3.8, 4) is 23.0 Å². The molecule has 3 rings (SSSR count). The van der Waals surface area contributed by atoms with Crippen LogP contribution in [0, 0.1) is 0 Å². The minimum atomic E-state index is 0.211. The maximum Gasteiger partial charge on any atom is 0.247 e. The van der Waals surface area contributed by atoms with E-state index in [1.165, 1.54) is 0 Å². The molecule has 1 heterocycles. The minimum absolute atomic E-state index is 0.211. The van der Waals surface area contributed by atoms with E-state index in [4.69, 9.17) is 9.15 Å². The van der Waals surface area contributed by atoms with Crippen LogP contribution < -0.4 is 4.74 Å². The van der Waals surface area contributed by atoms with E-state index in [9.17, 15) is 5.11 Å². The number of rotatable bonds is 7. The van der Waals surface area contributed by atoms with Crippen LogP contribution in [-0.4, -0.2) is 27.7 Å². The van der Waals surface area contributed by atoms with Crippen molar-refractivity contribution in [3.63, 3.8) is 0 Å². The number of nitrogens with zero attached hydrogens (tertiary/aromatic N) is 2. The molecule has 0 saturated heterocycles. The van der Waals surface area contributed by atoms with Gasteiger partial charge in [0, 0.05) is 11.3 Å². The molecular formula is C17H16N2O3S. The van der Waals surface area contributed by atoms with Gasteiger partial charge in [0.25, 0.3) is 0 Å². The van der Waals surface area contributed by atoms with Crippen molar-refractivity contribution in [2.75, 3.05) is 12.4 Å². The van der Waals surface area contributed by atoms with E-state index >= 15 is 0 Å². The lowest BCUT2D eigenvalue weighted by molar-refractivity contribution is 0.344. The number of benzene rings is 2. The fourth-order valence-electron chi connectivity index (χ4n) is 1.93. The molecule has 0 spiro atoms. The molecule has 0 unspecified atom stereocenters. The van der Waals surface area contributed by atoms with Gasteiger partial charge in [-0.15, -0.1) is 22.0 Å². The molecule has 0 radical (unpaired) electrons. The molecule has 5 nitrogen and oxygen atoms in total. The molecule has 0 bridgehead atoms. The number of aromatic nitrogens is 2. The number of hydrogen-bond donors (Lipinski definition) is 1. The van der Waals surface area contributed by atoms with Crippen molar-refractivity contribution in [1.29, 1.82) is 0 Å². The van der Waals surface area contributed by atoms with Gasteiger partial charge in [0.1, 0.15) is 11.5 Å². The molecule has 6 heteroatoms. The Morgan fingerprint density at radius 2 is 1.78 bits per heavy atom. The van der Waals surface area contributed by atoms with Crippen LogP contribution in [0.15, 0.2) is 59.0 Å². The van der Waals surface area contributed by atoms with E-state index < -0.39 is 0 Å². The van der Waals surface area contributed by atoms with Crippen LogP contribution in [0.1, 0.15) is 5.89 Å². The average Bonchev–Trinajstić information content (AvgIpc) is 3.05. The summed E-state index contributed by atoms with van der Waals surface area (Å²) in [5.74, 6) is 3.61. The zero-order valence-corrected chi connectivity index (χ0v) is 13.2. The molecule has 0 aliphatic heterocycles. The monoisotopic (exact) mass is 328 g/mol. The van der Waals surface area contributed by atoms with E-state index in [1.54, 1.807) is 36.0 Å². The second kappa shape index (κ2) is 7.69. The maximum absolute atomic E-state index is 9.28. The van der Waals surface area contributed by atoms with Crippen LogP contribution in [-0.2, 0) is 5.75 Å². The molecule has 118 valence electrons. The Kier molecular flexibility index (Phi) is 5.16. The van der Waals surface area contributed by atoms with E-state index in [-0.39, 0.29) is 5.75 Å². The van der Waals surface area contributed by atoms with Crippen molar-refractivity contribution in [1.82, 2.24) is 10.2 Å². The highest BCUT2D eigenvalue weighted by Gasteiger charge is 2.08. The molecule has 23 heavy (non-hydrogen) atoms. The highest BCUT2D eigenvalue weighted by atomic mass is 32.2. The summed E-state index contributed by atoms with van der Waals surface area (Å²) < 4.78 is 11.2. The summed E-state index contributed by atoms with van der Waals surface area (Å²) in [5.41, 5.74) is 0.791. The Hall–Kier alpha value is -2.47. The fourth-order valence-corrected chi connectivity index (χ4v) is 2.56. The Labute approximate surface area is 138 Å². The highest BCUT2D eigenvalue weighted by molar-refractivity contribution is 7.98. The summed E-state index contributed by atoms with van der Waals surface area (Å²) in [7, 11) is 0. The molecule has 0 aliphatic rings. The Morgan fingerprint density at radius 1 is 1.00 bits per heavy atom. The number of aromatic hydroxyl groups is 1. The number of thioether (sulfide) groups is 1. The van der Waals surface area contributed by atoms with Gasteiger partial charge >= 0.3 is 0 Å². The van der Waals surface area contributed by atoms with Gasteiger partial charge in [-0.3, -0.25) is 0 Å². The summed E-state index contributed by atoms with van der Waals surface area (Å²) in [6, 6.07) is 16.4. The average molecular weight is 328 g/mol. The summed E-state index contributed by atoms with van der Waals surface area (Å²) in [6.07, 6.45) is 0. The van der Waals surface area contributed by atoms with Crippen molar-refractivity contribution in [2.45, 2.75) is 5.75 Å². The zero-order chi connectivity index (χ0) is 15.9. The standard InChI is InChI=1S/C17H16N2O3S/c20-14-8-6-13(7-9-14)17-19-18-16(22-17)12-23-11-10-21-15-4-2-1-3-5-15/h1-9,20H,10-12H2. The number of hydrogen-bond acceptors (Lipinski definition) is 6. The lowest BCUT2D eigenvalue weighted by Gasteiger charge is -2.04. The van der Waals surface area contributed by atoms with Gasteiger partial charge in [-0.1, -0.05) is 18.2 Å². The van der Waals surface area contributed by atoms with Gasteiger partial charge in [-0.2, -0.15) is 0 Å². The van der Waals surface area contributed by atoms with Crippen LogP contribution in [0.25, 0.3) is 11.5 Å². The van der Waals surface area contributed by atoms with Gasteiger partial charge in [0.05, 0.1) is 12.4 Å². The molecular weight excluding hydrogens is 312 g/mol. The first-order valence-electron chi connectivity index (χ1n) is 7.18. The van der Waals surface area contributed by atoms with E-state index in [0.717, 1.165) is 17.1 Å². The van der Waals surface area contributed by atoms with Crippen LogP contribution in [0.5, 0.6) is 11.5 Å². The van der Waals surface area contributed by atoms with Crippen LogP contribution >= 0.6 is 11.8 Å². The van der Waals surface area contributed by atoms with Crippen molar-refractivity contribution >= 4 is 11.8 Å². The number of para-hydroxylation sites is 1. The highest BCUT2D eigenvalue weighted by Crippen LogP contribution is 2.22.